The molecular weight excluding hydrogens is 408 g/mol. The number of halogens is 1. The molecule has 1 heterocycles. The maximum absolute atomic E-state index is 13.0. The summed E-state index contributed by atoms with van der Waals surface area (Å²) in [7, 11) is 0. The summed E-state index contributed by atoms with van der Waals surface area (Å²) in [5.41, 5.74) is 6.85. The summed E-state index contributed by atoms with van der Waals surface area (Å²) in [4.78, 5) is 17.6. The van der Waals surface area contributed by atoms with Crippen molar-refractivity contribution < 1.29 is 4.79 Å². The maximum atomic E-state index is 13.0. The van der Waals surface area contributed by atoms with Crippen molar-refractivity contribution in [2.75, 3.05) is 5.32 Å². The minimum absolute atomic E-state index is 0.101. The molecule has 0 aliphatic carbocycles. The number of benzene rings is 3. The van der Waals surface area contributed by atoms with Gasteiger partial charge in [0.15, 0.2) is 5.82 Å². The van der Waals surface area contributed by atoms with Gasteiger partial charge in [0.25, 0.3) is 5.91 Å². The first-order valence-electron chi connectivity index (χ1n) is 10.0. The van der Waals surface area contributed by atoms with Crippen molar-refractivity contribution in [2.45, 2.75) is 27.7 Å². The third kappa shape index (κ3) is 4.23. The Kier molecular flexibility index (Phi) is 5.61. The summed E-state index contributed by atoms with van der Waals surface area (Å²) < 4.78 is 1.70. The molecule has 0 atom stereocenters. The molecule has 1 amide bonds. The zero-order valence-electron chi connectivity index (χ0n) is 17.9. The number of aryl methyl sites for hydroxylation is 3. The SMILES string of the molecule is Cc1ccc(-n2nc(C(=O)Nc3cccc(C)c3C)nc2-c2ccc(Cl)cc2)cc1C. The van der Waals surface area contributed by atoms with Gasteiger partial charge in [-0.3, -0.25) is 4.79 Å². The quantitative estimate of drug-likeness (QED) is 0.427. The van der Waals surface area contributed by atoms with E-state index in [-0.39, 0.29) is 11.7 Å². The first-order chi connectivity index (χ1) is 14.8. The van der Waals surface area contributed by atoms with Crippen molar-refractivity contribution >= 4 is 23.2 Å². The van der Waals surface area contributed by atoms with Crippen LogP contribution in [-0.2, 0) is 0 Å². The second-order valence-corrected chi connectivity index (χ2v) is 8.08. The Hall–Kier alpha value is -3.44. The van der Waals surface area contributed by atoms with Gasteiger partial charge in [-0.2, -0.15) is 0 Å². The van der Waals surface area contributed by atoms with Crippen molar-refractivity contribution in [3.8, 4) is 17.1 Å². The Balaban J connectivity index is 1.78. The Morgan fingerprint density at radius 2 is 1.65 bits per heavy atom. The van der Waals surface area contributed by atoms with E-state index in [1.807, 2.05) is 69.3 Å². The van der Waals surface area contributed by atoms with Crippen LogP contribution in [0.3, 0.4) is 0 Å². The molecule has 0 aliphatic rings. The fourth-order valence-electron chi connectivity index (χ4n) is 3.30. The molecule has 6 heteroatoms. The van der Waals surface area contributed by atoms with Crippen molar-refractivity contribution in [3.63, 3.8) is 0 Å². The number of aromatic nitrogens is 3. The lowest BCUT2D eigenvalue weighted by molar-refractivity contribution is 0.101. The highest BCUT2D eigenvalue weighted by molar-refractivity contribution is 6.30. The van der Waals surface area contributed by atoms with Crippen molar-refractivity contribution in [3.05, 3.63) is 93.8 Å². The first kappa shape index (κ1) is 20.8. The summed E-state index contributed by atoms with van der Waals surface area (Å²) in [6.45, 7) is 8.09. The van der Waals surface area contributed by atoms with Gasteiger partial charge in [0.05, 0.1) is 5.69 Å². The van der Waals surface area contributed by atoms with E-state index in [0.29, 0.717) is 10.8 Å². The van der Waals surface area contributed by atoms with Crippen LogP contribution in [0.5, 0.6) is 0 Å². The van der Waals surface area contributed by atoms with Crippen molar-refractivity contribution in [1.82, 2.24) is 14.8 Å². The van der Waals surface area contributed by atoms with Gasteiger partial charge >= 0.3 is 0 Å². The van der Waals surface area contributed by atoms with E-state index in [1.165, 1.54) is 5.56 Å². The highest BCUT2D eigenvalue weighted by atomic mass is 35.5. The summed E-state index contributed by atoms with van der Waals surface area (Å²) in [6, 6.07) is 19.2. The third-order valence-electron chi connectivity index (χ3n) is 5.50. The molecule has 4 rings (SSSR count). The first-order valence-corrected chi connectivity index (χ1v) is 10.4. The third-order valence-corrected chi connectivity index (χ3v) is 5.75. The largest absolute Gasteiger partial charge is 0.319 e. The van der Waals surface area contributed by atoms with E-state index < -0.39 is 0 Å². The Morgan fingerprint density at radius 1 is 0.903 bits per heavy atom. The average Bonchev–Trinajstić information content (AvgIpc) is 3.19. The van der Waals surface area contributed by atoms with Gasteiger partial charge in [-0.15, -0.1) is 5.10 Å². The Morgan fingerprint density at radius 3 is 2.35 bits per heavy atom. The van der Waals surface area contributed by atoms with E-state index in [9.17, 15) is 4.79 Å². The molecule has 4 aromatic rings. The molecule has 0 spiro atoms. The van der Waals surface area contributed by atoms with Crippen molar-refractivity contribution in [1.29, 1.82) is 0 Å². The number of anilines is 1. The summed E-state index contributed by atoms with van der Waals surface area (Å²) in [6.07, 6.45) is 0. The average molecular weight is 431 g/mol. The molecule has 0 bridgehead atoms. The number of nitrogens with one attached hydrogen (secondary N) is 1. The van der Waals surface area contributed by atoms with Gasteiger partial charge in [0, 0.05) is 16.3 Å². The van der Waals surface area contributed by atoms with Crippen LogP contribution in [0.2, 0.25) is 5.02 Å². The molecule has 0 fully saturated rings. The lowest BCUT2D eigenvalue weighted by Gasteiger charge is -2.09. The van der Waals surface area contributed by atoms with E-state index in [1.54, 1.807) is 16.8 Å². The molecule has 0 saturated carbocycles. The van der Waals surface area contributed by atoms with Gasteiger partial charge in [0.2, 0.25) is 5.82 Å². The normalized spacial score (nSPS) is 10.9. The van der Waals surface area contributed by atoms with Crippen LogP contribution in [0.1, 0.15) is 32.9 Å². The highest BCUT2D eigenvalue weighted by Crippen LogP contribution is 2.25. The van der Waals surface area contributed by atoms with Gasteiger partial charge in [-0.05, 0) is 92.4 Å². The Labute approximate surface area is 186 Å². The molecule has 0 unspecified atom stereocenters. The number of carbonyl (C=O) groups is 1. The summed E-state index contributed by atoms with van der Waals surface area (Å²) in [5.74, 6) is 0.321. The van der Waals surface area contributed by atoms with Crippen molar-refractivity contribution in [2.24, 2.45) is 0 Å². The van der Waals surface area contributed by atoms with Crippen LogP contribution < -0.4 is 5.32 Å². The zero-order valence-corrected chi connectivity index (χ0v) is 18.7. The minimum Gasteiger partial charge on any atom is -0.319 e. The molecule has 156 valence electrons. The van der Waals surface area contributed by atoms with Crippen LogP contribution in [0.4, 0.5) is 5.69 Å². The summed E-state index contributed by atoms with van der Waals surface area (Å²) >= 11 is 6.06. The number of hydrogen-bond donors (Lipinski definition) is 1. The molecule has 0 radical (unpaired) electrons. The number of amides is 1. The maximum Gasteiger partial charge on any atom is 0.295 e. The van der Waals surface area contributed by atoms with Crippen LogP contribution in [0, 0.1) is 27.7 Å². The highest BCUT2D eigenvalue weighted by Gasteiger charge is 2.20. The minimum atomic E-state index is -0.355. The Bertz CT molecular complexity index is 1280. The fraction of sp³-hybridized carbons (Fsp3) is 0.160. The predicted octanol–water partition coefficient (Wildman–Crippen LogP) is 6.07. The molecular formula is C25H23ClN4O. The van der Waals surface area contributed by atoms with E-state index in [2.05, 4.69) is 22.3 Å². The van der Waals surface area contributed by atoms with Crippen LogP contribution in [-0.4, -0.2) is 20.7 Å². The second kappa shape index (κ2) is 8.36. The fourth-order valence-corrected chi connectivity index (χ4v) is 3.42. The monoisotopic (exact) mass is 430 g/mol. The molecule has 3 aromatic carbocycles. The molecule has 1 aromatic heterocycles. The number of carbonyl (C=O) groups excluding carboxylic acids is 1. The predicted molar refractivity (Wildman–Crippen MR) is 125 cm³/mol. The number of nitrogens with zero attached hydrogens (tertiary/aromatic N) is 3. The summed E-state index contributed by atoms with van der Waals surface area (Å²) in [5, 5.41) is 8.13. The molecule has 1 N–H and O–H groups in total. The lowest BCUT2D eigenvalue weighted by Crippen LogP contribution is -2.15. The van der Waals surface area contributed by atoms with Gasteiger partial charge in [-0.1, -0.05) is 29.8 Å². The smallest absolute Gasteiger partial charge is 0.295 e. The topological polar surface area (TPSA) is 59.8 Å². The van der Waals surface area contributed by atoms with E-state index in [0.717, 1.165) is 33.6 Å². The molecule has 5 nitrogen and oxygen atoms in total. The zero-order chi connectivity index (χ0) is 22.1. The van der Waals surface area contributed by atoms with Gasteiger partial charge in [-0.25, -0.2) is 9.67 Å². The van der Waals surface area contributed by atoms with E-state index >= 15 is 0 Å². The lowest BCUT2D eigenvalue weighted by atomic mass is 10.1. The second-order valence-electron chi connectivity index (χ2n) is 7.65. The van der Waals surface area contributed by atoms with Gasteiger partial charge in [0.1, 0.15) is 0 Å². The number of hydrogen-bond acceptors (Lipinski definition) is 3. The number of rotatable bonds is 4. The standard InChI is InChI=1S/C25H23ClN4O/c1-15-8-13-21(14-17(15)3)30-24(19-9-11-20(26)12-10-19)28-23(29-30)25(31)27-22-7-5-6-16(2)18(22)4/h5-14H,1-4H3,(H,27,31). The van der Waals surface area contributed by atoms with E-state index in [4.69, 9.17) is 11.6 Å². The van der Waals surface area contributed by atoms with Gasteiger partial charge < -0.3 is 5.32 Å². The van der Waals surface area contributed by atoms with Crippen LogP contribution in [0.25, 0.3) is 17.1 Å². The van der Waals surface area contributed by atoms with Crippen LogP contribution >= 0.6 is 11.6 Å². The molecule has 0 aliphatic heterocycles. The van der Waals surface area contributed by atoms with Crippen LogP contribution in [0.15, 0.2) is 60.7 Å². The molecule has 0 saturated heterocycles. The molecule has 31 heavy (non-hydrogen) atoms.